The molecule has 0 bridgehead atoms. The van der Waals surface area contributed by atoms with Gasteiger partial charge in [-0.2, -0.15) is 5.10 Å². The molecule has 0 unspecified atom stereocenters. The summed E-state index contributed by atoms with van der Waals surface area (Å²) in [6.07, 6.45) is 9.46. The first kappa shape index (κ1) is 18.1. The van der Waals surface area contributed by atoms with Crippen LogP contribution in [0.3, 0.4) is 0 Å². The van der Waals surface area contributed by atoms with Crippen LogP contribution in [0.4, 0.5) is 5.82 Å². The second-order valence-corrected chi connectivity index (χ2v) is 8.41. The largest absolute Gasteiger partial charge is 0.356 e. The van der Waals surface area contributed by atoms with Crippen LogP contribution in [-0.4, -0.2) is 38.2 Å². The molecule has 1 fully saturated rings. The van der Waals surface area contributed by atoms with E-state index in [1.807, 2.05) is 24.7 Å². The summed E-state index contributed by atoms with van der Waals surface area (Å²) in [5, 5.41) is 10.1. The Labute approximate surface area is 180 Å². The molecule has 2 N–H and O–H groups in total. The summed E-state index contributed by atoms with van der Waals surface area (Å²) in [7, 11) is 0. The number of nitrogens with zero attached hydrogens (tertiary/aromatic N) is 4. The van der Waals surface area contributed by atoms with Crippen molar-refractivity contribution >= 4 is 27.6 Å². The fraction of sp³-hybridized carbons (Fsp3) is 0.240. The summed E-state index contributed by atoms with van der Waals surface area (Å²) >= 11 is 0. The van der Waals surface area contributed by atoms with Crippen LogP contribution in [0.1, 0.15) is 24.8 Å². The van der Waals surface area contributed by atoms with Crippen molar-refractivity contribution < 1.29 is 0 Å². The van der Waals surface area contributed by atoms with Crippen LogP contribution < -0.4 is 4.90 Å². The zero-order chi connectivity index (χ0) is 20.8. The quantitative estimate of drug-likeness (QED) is 0.415. The Balaban J connectivity index is 1.46. The molecule has 6 nitrogen and oxygen atoms in total. The molecule has 4 aromatic heterocycles. The lowest BCUT2D eigenvalue weighted by Gasteiger charge is -2.28. The Hall–Kier alpha value is -3.67. The van der Waals surface area contributed by atoms with Crippen molar-refractivity contribution in [2.45, 2.75) is 26.2 Å². The van der Waals surface area contributed by atoms with Crippen molar-refractivity contribution in [2.75, 3.05) is 18.0 Å². The van der Waals surface area contributed by atoms with Crippen LogP contribution in [0, 0.1) is 6.92 Å². The summed E-state index contributed by atoms with van der Waals surface area (Å²) in [6, 6.07) is 12.8. The number of hydrogen-bond donors (Lipinski definition) is 2. The number of H-pyrrole nitrogens is 2. The highest BCUT2D eigenvalue weighted by Gasteiger charge is 2.18. The third-order valence-electron chi connectivity index (χ3n) is 6.21. The van der Waals surface area contributed by atoms with E-state index < -0.39 is 0 Å². The molecule has 1 aliphatic heterocycles. The van der Waals surface area contributed by atoms with E-state index in [9.17, 15) is 0 Å². The summed E-state index contributed by atoms with van der Waals surface area (Å²) in [4.78, 5) is 15.1. The monoisotopic (exact) mass is 408 g/mol. The smallest absolute Gasteiger partial charge is 0.137 e. The van der Waals surface area contributed by atoms with Crippen molar-refractivity contribution in [3.63, 3.8) is 0 Å². The Morgan fingerprint density at radius 1 is 0.871 bits per heavy atom. The maximum absolute atomic E-state index is 4.72. The predicted octanol–water partition coefficient (Wildman–Crippen LogP) is 5.47. The van der Waals surface area contributed by atoms with Crippen molar-refractivity contribution in [3.8, 4) is 22.5 Å². The highest BCUT2D eigenvalue weighted by atomic mass is 15.2. The van der Waals surface area contributed by atoms with Gasteiger partial charge in [0.1, 0.15) is 11.5 Å². The first-order valence-electron chi connectivity index (χ1n) is 10.9. The summed E-state index contributed by atoms with van der Waals surface area (Å²) < 4.78 is 0. The van der Waals surface area contributed by atoms with Gasteiger partial charge in [0, 0.05) is 48.0 Å². The van der Waals surface area contributed by atoms with Gasteiger partial charge in [-0.3, -0.25) is 10.1 Å². The molecule has 0 spiro atoms. The van der Waals surface area contributed by atoms with Gasteiger partial charge in [0.05, 0.1) is 16.7 Å². The second-order valence-electron chi connectivity index (χ2n) is 8.41. The third-order valence-corrected chi connectivity index (χ3v) is 6.21. The number of benzene rings is 1. The van der Waals surface area contributed by atoms with Gasteiger partial charge >= 0.3 is 0 Å². The van der Waals surface area contributed by atoms with Crippen LogP contribution in [0.15, 0.2) is 55.0 Å². The molecule has 154 valence electrons. The van der Waals surface area contributed by atoms with E-state index in [1.54, 1.807) is 0 Å². The number of aromatic nitrogens is 5. The van der Waals surface area contributed by atoms with Crippen LogP contribution >= 0.6 is 0 Å². The number of nitrogens with one attached hydrogen (secondary N) is 2. The SMILES string of the molecule is Cc1cncc(-c2ccc3[nH]nc(-c4cc5c(N6CCCCC6)nccc5[nH]4)c3c2)c1. The van der Waals surface area contributed by atoms with E-state index in [0.29, 0.717) is 0 Å². The highest BCUT2D eigenvalue weighted by molar-refractivity contribution is 6.00. The van der Waals surface area contributed by atoms with E-state index >= 15 is 0 Å². The number of anilines is 1. The lowest BCUT2D eigenvalue weighted by atomic mass is 10.0. The molecular weight excluding hydrogens is 384 g/mol. The van der Waals surface area contributed by atoms with Crippen molar-refractivity contribution in [3.05, 3.63) is 60.6 Å². The minimum Gasteiger partial charge on any atom is -0.356 e. The van der Waals surface area contributed by atoms with Crippen LogP contribution in [0.25, 0.3) is 44.3 Å². The Bertz CT molecular complexity index is 1390. The number of aryl methyl sites for hydroxylation is 1. The Kier molecular flexibility index (Phi) is 4.23. The van der Waals surface area contributed by atoms with Crippen molar-refractivity contribution in [1.82, 2.24) is 25.1 Å². The molecule has 1 saturated heterocycles. The minimum atomic E-state index is 0.929. The first-order chi connectivity index (χ1) is 15.3. The van der Waals surface area contributed by atoms with E-state index in [0.717, 1.165) is 68.8 Å². The van der Waals surface area contributed by atoms with Crippen LogP contribution in [0.2, 0.25) is 0 Å². The van der Waals surface area contributed by atoms with Crippen molar-refractivity contribution in [2.24, 2.45) is 0 Å². The average Bonchev–Trinajstić information content (AvgIpc) is 3.43. The molecule has 6 rings (SSSR count). The molecule has 1 aliphatic rings. The Morgan fingerprint density at radius 3 is 2.65 bits per heavy atom. The molecule has 0 atom stereocenters. The fourth-order valence-electron chi connectivity index (χ4n) is 4.64. The summed E-state index contributed by atoms with van der Waals surface area (Å²) in [6.45, 7) is 4.22. The van der Waals surface area contributed by atoms with Crippen LogP contribution in [-0.2, 0) is 0 Å². The van der Waals surface area contributed by atoms with Gasteiger partial charge < -0.3 is 9.88 Å². The van der Waals surface area contributed by atoms with E-state index in [2.05, 4.69) is 62.3 Å². The normalized spacial score (nSPS) is 14.5. The predicted molar refractivity (Wildman–Crippen MR) is 125 cm³/mol. The lowest BCUT2D eigenvalue weighted by molar-refractivity contribution is 0.575. The van der Waals surface area contributed by atoms with E-state index in [1.165, 1.54) is 19.3 Å². The van der Waals surface area contributed by atoms with Gasteiger partial charge in [-0.15, -0.1) is 0 Å². The molecule has 0 radical (unpaired) electrons. The van der Waals surface area contributed by atoms with E-state index in [-0.39, 0.29) is 0 Å². The maximum atomic E-state index is 4.72. The summed E-state index contributed by atoms with van der Waals surface area (Å²) in [5.74, 6) is 1.08. The van der Waals surface area contributed by atoms with Gasteiger partial charge in [-0.1, -0.05) is 6.07 Å². The minimum absolute atomic E-state index is 0.929. The molecule has 31 heavy (non-hydrogen) atoms. The zero-order valence-corrected chi connectivity index (χ0v) is 17.5. The molecule has 0 saturated carbocycles. The lowest BCUT2D eigenvalue weighted by Crippen LogP contribution is -2.30. The van der Waals surface area contributed by atoms with Crippen molar-refractivity contribution in [1.29, 1.82) is 0 Å². The molecule has 0 aliphatic carbocycles. The molecule has 6 heteroatoms. The van der Waals surface area contributed by atoms with Gasteiger partial charge in [-0.25, -0.2) is 4.98 Å². The molecule has 1 aromatic carbocycles. The number of fused-ring (bicyclic) bond motifs is 2. The third kappa shape index (κ3) is 3.15. The fourth-order valence-corrected chi connectivity index (χ4v) is 4.64. The van der Waals surface area contributed by atoms with Gasteiger partial charge in [0.15, 0.2) is 0 Å². The van der Waals surface area contributed by atoms with Gasteiger partial charge in [0.25, 0.3) is 0 Å². The topological polar surface area (TPSA) is 73.5 Å². The summed E-state index contributed by atoms with van der Waals surface area (Å²) in [5.41, 5.74) is 7.46. The molecule has 5 aromatic rings. The van der Waals surface area contributed by atoms with Gasteiger partial charge in [-0.05, 0) is 67.6 Å². The maximum Gasteiger partial charge on any atom is 0.137 e. The Morgan fingerprint density at radius 2 is 1.77 bits per heavy atom. The number of piperidine rings is 1. The average molecular weight is 409 g/mol. The number of aromatic amines is 2. The van der Waals surface area contributed by atoms with Gasteiger partial charge in [0.2, 0.25) is 0 Å². The first-order valence-corrected chi connectivity index (χ1v) is 10.9. The van der Waals surface area contributed by atoms with E-state index in [4.69, 9.17) is 4.98 Å². The zero-order valence-electron chi connectivity index (χ0n) is 17.5. The standard InChI is InChI=1S/C25H24N6/c1-16-11-18(15-26-14-16)17-5-6-22-19(12-17)24(30-29-22)23-13-20-21(28-23)7-8-27-25(20)31-9-3-2-4-10-31/h5-8,11-15,28H,2-4,9-10H2,1H3,(H,29,30). The molecule has 0 amide bonds. The number of hydrogen-bond acceptors (Lipinski definition) is 4. The molecular formula is C25H24N6. The van der Waals surface area contributed by atoms with Crippen LogP contribution in [0.5, 0.6) is 0 Å². The number of rotatable bonds is 3. The second kappa shape index (κ2) is 7.23. The molecule has 5 heterocycles. The number of pyridine rings is 2. The highest BCUT2D eigenvalue weighted by Crippen LogP contribution is 2.34.